The number of hydrogen-bond acceptors (Lipinski definition) is 6. The SMILES string of the molecule is CC(=O)NC(CCC(=O)O)C(=O)Nc1c(C(=O)NC(CCCN=C(N)N)C(N)=O)c(-c2ccccc2)n(C(C)C)c1-c1ccccc1. The van der Waals surface area contributed by atoms with Crippen LogP contribution in [0.2, 0.25) is 0 Å². The van der Waals surface area contributed by atoms with Crippen molar-refractivity contribution in [3.05, 3.63) is 66.2 Å². The molecule has 0 aliphatic carbocycles. The zero-order valence-corrected chi connectivity index (χ0v) is 26.7. The minimum atomic E-state index is -1.22. The van der Waals surface area contributed by atoms with Gasteiger partial charge in [0.25, 0.3) is 5.91 Å². The van der Waals surface area contributed by atoms with Gasteiger partial charge < -0.3 is 42.8 Å². The van der Waals surface area contributed by atoms with E-state index in [1.54, 1.807) is 0 Å². The summed E-state index contributed by atoms with van der Waals surface area (Å²) in [7, 11) is 0. The molecule has 0 radical (unpaired) electrons. The zero-order chi connectivity index (χ0) is 34.7. The molecule has 14 heteroatoms. The van der Waals surface area contributed by atoms with E-state index in [2.05, 4.69) is 20.9 Å². The minimum Gasteiger partial charge on any atom is -0.481 e. The van der Waals surface area contributed by atoms with Gasteiger partial charge in [-0.1, -0.05) is 60.7 Å². The number of hydrogen-bond donors (Lipinski definition) is 7. The number of nitrogens with one attached hydrogen (secondary N) is 3. The highest BCUT2D eigenvalue weighted by atomic mass is 16.4. The first-order valence-electron chi connectivity index (χ1n) is 15.2. The molecular weight excluding hydrogens is 604 g/mol. The number of rotatable bonds is 16. The predicted molar refractivity (Wildman–Crippen MR) is 179 cm³/mol. The van der Waals surface area contributed by atoms with Crippen LogP contribution in [0.3, 0.4) is 0 Å². The molecule has 1 aromatic heterocycles. The van der Waals surface area contributed by atoms with E-state index in [9.17, 15) is 29.1 Å². The summed E-state index contributed by atoms with van der Waals surface area (Å²) in [6, 6.07) is 15.6. The van der Waals surface area contributed by atoms with Crippen molar-refractivity contribution in [2.45, 2.75) is 64.6 Å². The first kappa shape index (κ1) is 35.8. The molecular formula is C33H42N8O6. The summed E-state index contributed by atoms with van der Waals surface area (Å²) in [6.45, 7) is 5.28. The lowest BCUT2D eigenvalue weighted by molar-refractivity contribution is -0.137. The molecule has 0 spiro atoms. The number of nitrogens with zero attached hydrogens (tertiary/aromatic N) is 2. The van der Waals surface area contributed by atoms with Gasteiger partial charge in [0, 0.05) is 31.5 Å². The molecule has 3 aromatic rings. The van der Waals surface area contributed by atoms with Crippen LogP contribution in [0.4, 0.5) is 5.69 Å². The molecule has 250 valence electrons. The summed E-state index contributed by atoms with van der Waals surface area (Å²) >= 11 is 0. The fraction of sp³-hybridized carbons (Fsp3) is 0.333. The summed E-state index contributed by atoms with van der Waals surface area (Å²) in [4.78, 5) is 68.0. The van der Waals surface area contributed by atoms with Crippen LogP contribution in [0.25, 0.3) is 22.5 Å². The molecule has 0 saturated carbocycles. The van der Waals surface area contributed by atoms with Crippen LogP contribution in [0.15, 0.2) is 65.7 Å². The number of guanidine groups is 1. The van der Waals surface area contributed by atoms with Crippen LogP contribution in [0.5, 0.6) is 0 Å². The lowest BCUT2D eigenvalue weighted by Gasteiger charge is -2.20. The molecule has 3 rings (SSSR count). The summed E-state index contributed by atoms with van der Waals surface area (Å²) in [5, 5.41) is 17.4. The Morgan fingerprint density at radius 2 is 1.40 bits per heavy atom. The van der Waals surface area contributed by atoms with Crippen molar-refractivity contribution < 1.29 is 29.1 Å². The van der Waals surface area contributed by atoms with Crippen LogP contribution in [0.1, 0.15) is 62.9 Å². The predicted octanol–water partition coefficient (Wildman–Crippen LogP) is 2.35. The highest BCUT2D eigenvalue weighted by molar-refractivity contribution is 6.14. The quantitative estimate of drug-likeness (QED) is 0.0691. The molecule has 0 bridgehead atoms. The van der Waals surface area contributed by atoms with Gasteiger partial charge in [-0.15, -0.1) is 0 Å². The normalized spacial score (nSPS) is 12.1. The van der Waals surface area contributed by atoms with Gasteiger partial charge in [0.05, 0.1) is 22.6 Å². The van der Waals surface area contributed by atoms with E-state index in [4.69, 9.17) is 17.2 Å². The number of primary amides is 1. The Bertz CT molecular complexity index is 1610. The monoisotopic (exact) mass is 646 g/mol. The van der Waals surface area contributed by atoms with Crippen molar-refractivity contribution in [2.75, 3.05) is 11.9 Å². The lowest BCUT2D eigenvalue weighted by atomic mass is 10.0. The second-order valence-corrected chi connectivity index (χ2v) is 11.2. The molecule has 2 atom stereocenters. The van der Waals surface area contributed by atoms with Gasteiger partial charge in [-0.2, -0.15) is 0 Å². The fourth-order valence-electron chi connectivity index (χ4n) is 5.22. The van der Waals surface area contributed by atoms with E-state index in [1.807, 2.05) is 79.1 Å². The summed E-state index contributed by atoms with van der Waals surface area (Å²) in [5.74, 6) is -3.98. The van der Waals surface area contributed by atoms with Gasteiger partial charge in [0.1, 0.15) is 12.1 Å². The standard InChI is InChI=1S/C33H42N8O6/c1-19(2)41-28(21-11-6-4-7-12-21)26(32(47)39-23(30(34)45)15-10-18-37-33(35)36)27(29(41)22-13-8-5-9-14-22)40-31(46)24(38-20(3)42)16-17-25(43)44/h4-9,11-14,19,23-24H,10,15-18H2,1-3H3,(H2,34,45)(H,38,42)(H,39,47)(H,40,46)(H,43,44)(H4,35,36,37). The van der Waals surface area contributed by atoms with E-state index < -0.39 is 41.7 Å². The van der Waals surface area contributed by atoms with Crippen molar-refractivity contribution in [1.29, 1.82) is 0 Å². The van der Waals surface area contributed by atoms with Gasteiger partial charge in [-0.3, -0.25) is 29.0 Å². The van der Waals surface area contributed by atoms with Crippen molar-refractivity contribution in [3.63, 3.8) is 0 Å². The smallest absolute Gasteiger partial charge is 0.303 e. The molecule has 0 fully saturated rings. The van der Waals surface area contributed by atoms with Gasteiger partial charge in [-0.25, -0.2) is 0 Å². The highest BCUT2D eigenvalue weighted by Crippen LogP contribution is 2.43. The van der Waals surface area contributed by atoms with Crippen LogP contribution in [0, 0.1) is 0 Å². The third-order valence-corrected chi connectivity index (χ3v) is 7.23. The largest absolute Gasteiger partial charge is 0.481 e. The first-order valence-corrected chi connectivity index (χ1v) is 15.2. The average molecular weight is 647 g/mol. The summed E-state index contributed by atoms with van der Waals surface area (Å²) < 4.78 is 1.91. The Morgan fingerprint density at radius 1 is 0.830 bits per heavy atom. The minimum absolute atomic E-state index is 0.0485. The third kappa shape index (κ3) is 9.66. The molecule has 14 nitrogen and oxygen atoms in total. The molecule has 2 unspecified atom stereocenters. The number of aliphatic imine (C=N–C) groups is 1. The summed E-state index contributed by atoms with van der Waals surface area (Å²) in [6.07, 6.45) is -0.111. The summed E-state index contributed by atoms with van der Waals surface area (Å²) in [5.41, 5.74) is 18.9. The Morgan fingerprint density at radius 3 is 1.89 bits per heavy atom. The molecule has 0 aliphatic rings. The Hall–Kier alpha value is -5.66. The second-order valence-electron chi connectivity index (χ2n) is 11.2. The van der Waals surface area contributed by atoms with Crippen molar-refractivity contribution in [1.82, 2.24) is 15.2 Å². The third-order valence-electron chi connectivity index (χ3n) is 7.23. The maximum absolute atomic E-state index is 14.4. The molecule has 2 aromatic carbocycles. The highest BCUT2D eigenvalue weighted by Gasteiger charge is 2.34. The Balaban J connectivity index is 2.29. The number of aliphatic carboxylic acids is 1. The van der Waals surface area contributed by atoms with Crippen LogP contribution in [-0.4, -0.2) is 63.9 Å². The number of nitrogens with two attached hydrogens (primary N) is 3. The van der Waals surface area contributed by atoms with E-state index in [1.165, 1.54) is 6.92 Å². The maximum atomic E-state index is 14.4. The van der Waals surface area contributed by atoms with Gasteiger partial charge in [0.2, 0.25) is 17.7 Å². The van der Waals surface area contributed by atoms with Crippen LogP contribution < -0.4 is 33.2 Å². The number of carboxylic acids is 1. The second kappa shape index (κ2) is 16.6. The van der Waals surface area contributed by atoms with Gasteiger partial charge in [-0.05, 0) is 38.7 Å². The number of carboxylic acid groups (broad SMARTS) is 1. The number of amides is 4. The Kier molecular flexibility index (Phi) is 12.6. The number of carbonyl (C=O) groups excluding carboxylic acids is 4. The number of benzene rings is 2. The zero-order valence-electron chi connectivity index (χ0n) is 26.7. The van der Waals surface area contributed by atoms with Crippen LogP contribution >= 0.6 is 0 Å². The molecule has 10 N–H and O–H groups in total. The van der Waals surface area contributed by atoms with Gasteiger partial charge in [0.15, 0.2) is 5.96 Å². The van der Waals surface area contributed by atoms with Crippen LogP contribution in [-0.2, 0) is 19.2 Å². The molecule has 47 heavy (non-hydrogen) atoms. The number of anilines is 1. The average Bonchev–Trinajstić information content (AvgIpc) is 3.36. The molecule has 0 saturated heterocycles. The Labute approximate surface area is 272 Å². The van der Waals surface area contributed by atoms with E-state index in [0.29, 0.717) is 28.9 Å². The van der Waals surface area contributed by atoms with Crippen molar-refractivity contribution in [3.8, 4) is 22.5 Å². The van der Waals surface area contributed by atoms with Gasteiger partial charge >= 0.3 is 5.97 Å². The number of aromatic nitrogens is 1. The lowest BCUT2D eigenvalue weighted by Crippen LogP contribution is -2.45. The number of carbonyl (C=O) groups is 5. The van der Waals surface area contributed by atoms with E-state index in [0.717, 1.165) is 0 Å². The molecule has 4 amide bonds. The van der Waals surface area contributed by atoms with Crippen molar-refractivity contribution >= 4 is 41.2 Å². The molecule has 0 aliphatic heterocycles. The van der Waals surface area contributed by atoms with E-state index >= 15 is 0 Å². The maximum Gasteiger partial charge on any atom is 0.303 e. The fourth-order valence-corrected chi connectivity index (χ4v) is 5.22. The first-order chi connectivity index (χ1) is 22.3. The van der Waals surface area contributed by atoms with Crippen molar-refractivity contribution in [2.24, 2.45) is 22.2 Å². The van der Waals surface area contributed by atoms with E-state index in [-0.39, 0.29) is 49.1 Å². The topological polar surface area (TPSA) is 237 Å². The molecule has 1 heterocycles.